The van der Waals surface area contributed by atoms with Crippen LogP contribution in [0.3, 0.4) is 0 Å². The van der Waals surface area contributed by atoms with Crippen LogP contribution in [-0.2, 0) is 16.4 Å². The van der Waals surface area contributed by atoms with Gasteiger partial charge in [0.1, 0.15) is 11.5 Å². The standard InChI is InChI=1S/C15H17NO4S/c1-2-21(19,20)15-6-4-3-5-13(15)16-10-11-7-8-12(17)9-14(11)18/h3-9,16-18H,2,10H2,1H3. The molecule has 0 heterocycles. The fourth-order valence-corrected chi connectivity index (χ4v) is 3.00. The Morgan fingerprint density at radius 2 is 1.81 bits per heavy atom. The number of rotatable bonds is 5. The number of sulfone groups is 1. The van der Waals surface area contributed by atoms with Crippen LogP contribution in [0.4, 0.5) is 5.69 Å². The first-order chi connectivity index (χ1) is 9.94. The summed E-state index contributed by atoms with van der Waals surface area (Å²) in [6.45, 7) is 1.85. The first kappa shape index (κ1) is 15.2. The van der Waals surface area contributed by atoms with Crippen molar-refractivity contribution in [2.75, 3.05) is 11.1 Å². The predicted octanol–water partition coefficient (Wildman–Crippen LogP) is 2.50. The second-order valence-corrected chi connectivity index (χ2v) is 6.81. The van der Waals surface area contributed by atoms with Crippen molar-refractivity contribution in [3.63, 3.8) is 0 Å². The summed E-state index contributed by atoms with van der Waals surface area (Å²) in [6.07, 6.45) is 0. The minimum atomic E-state index is -3.32. The van der Waals surface area contributed by atoms with E-state index in [2.05, 4.69) is 5.32 Å². The number of anilines is 1. The highest BCUT2D eigenvalue weighted by atomic mass is 32.2. The molecule has 0 bridgehead atoms. The molecule has 0 saturated heterocycles. The number of hydrogen-bond donors (Lipinski definition) is 3. The van der Waals surface area contributed by atoms with Gasteiger partial charge < -0.3 is 15.5 Å². The van der Waals surface area contributed by atoms with E-state index in [1.165, 1.54) is 12.1 Å². The van der Waals surface area contributed by atoms with E-state index in [1.807, 2.05) is 0 Å². The second kappa shape index (κ2) is 6.05. The molecule has 0 aliphatic carbocycles. The van der Waals surface area contributed by atoms with Crippen molar-refractivity contribution in [1.82, 2.24) is 0 Å². The molecule has 21 heavy (non-hydrogen) atoms. The van der Waals surface area contributed by atoms with Gasteiger partial charge in [-0.1, -0.05) is 19.1 Å². The molecule has 0 amide bonds. The third kappa shape index (κ3) is 3.46. The molecular weight excluding hydrogens is 290 g/mol. The molecule has 112 valence electrons. The predicted molar refractivity (Wildman–Crippen MR) is 81.3 cm³/mol. The van der Waals surface area contributed by atoms with E-state index in [0.29, 0.717) is 11.3 Å². The lowest BCUT2D eigenvalue weighted by Crippen LogP contribution is -2.09. The molecule has 0 fully saturated rings. The SMILES string of the molecule is CCS(=O)(=O)c1ccccc1NCc1ccc(O)cc1O. The van der Waals surface area contributed by atoms with E-state index in [4.69, 9.17) is 0 Å². The van der Waals surface area contributed by atoms with Crippen LogP contribution < -0.4 is 5.32 Å². The zero-order chi connectivity index (χ0) is 15.5. The average molecular weight is 307 g/mol. The highest BCUT2D eigenvalue weighted by molar-refractivity contribution is 7.91. The molecule has 2 rings (SSSR count). The third-order valence-corrected chi connectivity index (χ3v) is 4.93. The number of phenols is 2. The van der Waals surface area contributed by atoms with Crippen LogP contribution in [0.1, 0.15) is 12.5 Å². The highest BCUT2D eigenvalue weighted by Crippen LogP contribution is 2.26. The molecule has 0 aromatic heterocycles. The summed E-state index contributed by atoms with van der Waals surface area (Å²) in [6, 6.07) is 10.9. The Labute approximate surface area is 123 Å². The van der Waals surface area contributed by atoms with Gasteiger partial charge >= 0.3 is 0 Å². The van der Waals surface area contributed by atoms with E-state index in [-0.39, 0.29) is 28.7 Å². The Balaban J connectivity index is 2.25. The maximum atomic E-state index is 12.0. The maximum Gasteiger partial charge on any atom is 0.180 e. The van der Waals surface area contributed by atoms with E-state index < -0.39 is 9.84 Å². The monoisotopic (exact) mass is 307 g/mol. The van der Waals surface area contributed by atoms with Crippen molar-refractivity contribution in [2.24, 2.45) is 0 Å². The third-order valence-electron chi connectivity index (χ3n) is 3.14. The number of phenolic OH excluding ortho intramolecular Hbond substituents is 2. The second-order valence-electron chi connectivity index (χ2n) is 4.57. The Morgan fingerprint density at radius 3 is 2.48 bits per heavy atom. The number of hydrogen-bond acceptors (Lipinski definition) is 5. The van der Waals surface area contributed by atoms with E-state index in [9.17, 15) is 18.6 Å². The molecule has 6 heteroatoms. The molecule has 0 aliphatic rings. The van der Waals surface area contributed by atoms with Gasteiger partial charge in [-0.3, -0.25) is 0 Å². The van der Waals surface area contributed by atoms with Gasteiger partial charge in [-0.25, -0.2) is 8.42 Å². The summed E-state index contributed by atoms with van der Waals surface area (Å²) in [5.74, 6) is -0.0422. The fraction of sp³-hybridized carbons (Fsp3) is 0.200. The molecule has 0 aliphatic heterocycles. The lowest BCUT2D eigenvalue weighted by atomic mass is 10.2. The van der Waals surface area contributed by atoms with E-state index in [1.54, 1.807) is 37.3 Å². The van der Waals surface area contributed by atoms with Crippen molar-refractivity contribution in [1.29, 1.82) is 0 Å². The molecule has 3 N–H and O–H groups in total. The first-order valence-electron chi connectivity index (χ1n) is 6.50. The Kier molecular flexibility index (Phi) is 4.37. The van der Waals surface area contributed by atoms with Gasteiger partial charge in [0.05, 0.1) is 16.3 Å². The van der Waals surface area contributed by atoms with Gasteiger partial charge in [-0.15, -0.1) is 0 Å². The normalized spacial score (nSPS) is 11.3. The van der Waals surface area contributed by atoms with Crippen LogP contribution in [-0.4, -0.2) is 24.4 Å². The maximum absolute atomic E-state index is 12.0. The number of nitrogens with one attached hydrogen (secondary N) is 1. The zero-order valence-corrected chi connectivity index (χ0v) is 12.4. The number of benzene rings is 2. The van der Waals surface area contributed by atoms with Crippen molar-refractivity contribution < 1.29 is 18.6 Å². The van der Waals surface area contributed by atoms with Gasteiger partial charge in [0.25, 0.3) is 0 Å². The summed E-state index contributed by atoms with van der Waals surface area (Å²) < 4.78 is 24.0. The van der Waals surface area contributed by atoms with Crippen LogP contribution in [0.15, 0.2) is 47.4 Å². The Hall–Kier alpha value is -2.21. The van der Waals surface area contributed by atoms with Gasteiger partial charge in [0, 0.05) is 18.2 Å². The molecule has 0 radical (unpaired) electrons. The molecule has 0 spiro atoms. The number of aromatic hydroxyl groups is 2. The van der Waals surface area contributed by atoms with Crippen molar-refractivity contribution in [3.8, 4) is 11.5 Å². The van der Waals surface area contributed by atoms with Crippen molar-refractivity contribution in [2.45, 2.75) is 18.4 Å². The Morgan fingerprint density at radius 1 is 1.10 bits per heavy atom. The zero-order valence-electron chi connectivity index (χ0n) is 11.6. The van der Waals surface area contributed by atoms with Crippen LogP contribution in [0.25, 0.3) is 0 Å². The molecule has 0 saturated carbocycles. The van der Waals surface area contributed by atoms with Crippen molar-refractivity contribution in [3.05, 3.63) is 48.0 Å². The van der Waals surface area contributed by atoms with Crippen LogP contribution in [0.2, 0.25) is 0 Å². The summed E-state index contributed by atoms with van der Waals surface area (Å²) in [4.78, 5) is 0.241. The van der Waals surface area contributed by atoms with Crippen LogP contribution >= 0.6 is 0 Å². The van der Waals surface area contributed by atoms with Gasteiger partial charge in [0.2, 0.25) is 0 Å². The largest absolute Gasteiger partial charge is 0.508 e. The fourth-order valence-electron chi connectivity index (χ4n) is 1.93. The summed E-state index contributed by atoms with van der Waals surface area (Å²) in [5, 5.41) is 22.0. The summed E-state index contributed by atoms with van der Waals surface area (Å²) in [7, 11) is -3.32. The van der Waals surface area contributed by atoms with E-state index >= 15 is 0 Å². The smallest absolute Gasteiger partial charge is 0.180 e. The first-order valence-corrected chi connectivity index (χ1v) is 8.16. The molecule has 2 aromatic rings. The molecule has 0 unspecified atom stereocenters. The van der Waals surface area contributed by atoms with Gasteiger partial charge in [0.15, 0.2) is 9.84 Å². The summed E-state index contributed by atoms with van der Waals surface area (Å²) in [5.41, 5.74) is 1.06. The van der Waals surface area contributed by atoms with Crippen LogP contribution in [0.5, 0.6) is 11.5 Å². The van der Waals surface area contributed by atoms with Crippen molar-refractivity contribution >= 4 is 15.5 Å². The Bertz CT molecular complexity index is 741. The molecule has 5 nitrogen and oxygen atoms in total. The quantitative estimate of drug-likeness (QED) is 0.790. The highest BCUT2D eigenvalue weighted by Gasteiger charge is 2.16. The lowest BCUT2D eigenvalue weighted by molar-refractivity contribution is 0.446. The van der Waals surface area contributed by atoms with Gasteiger partial charge in [-0.2, -0.15) is 0 Å². The summed E-state index contributed by atoms with van der Waals surface area (Å²) >= 11 is 0. The molecular formula is C15H17NO4S. The topological polar surface area (TPSA) is 86.6 Å². The minimum absolute atomic E-state index is 0.0230. The van der Waals surface area contributed by atoms with Crippen LogP contribution in [0, 0.1) is 0 Å². The van der Waals surface area contributed by atoms with E-state index in [0.717, 1.165) is 0 Å². The lowest BCUT2D eigenvalue weighted by Gasteiger charge is -2.12. The molecule has 0 atom stereocenters. The molecule has 2 aromatic carbocycles. The van der Waals surface area contributed by atoms with Gasteiger partial charge in [-0.05, 0) is 24.3 Å². The minimum Gasteiger partial charge on any atom is -0.508 e. The average Bonchev–Trinajstić information content (AvgIpc) is 2.46. The number of para-hydroxylation sites is 1.